The minimum Gasteiger partial charge on any atom is -0.481 e. The molecule has 0 saturated heterocycles. The summed E-state index contributed by atoms with van der Waals surface area (Å²) in [7, 11) is 0. The molecule has 1 aromatic carbocycles. The minimum absolute atomic E-state index is 0.0462. The molecule has 0 spiro atoms. The Bertz CT molecular complexity index is 1270. The van der Waals surface area contributed by atoms with E-state index in [1.807, 2.05) is 52.8 Å². The number of carboxylic acid groups (broad SMARTS) is 1. The molecule has 0 saturated carbocycles. The molecule has 41 heavy (non-hydrogen) atoms. The molecule has 1 unspecified atom stereocenters. The average molecular weight is 567 g/mol. The van der Waals surface area contributed by atoms with Gasteiger partial charge in [-0.3, -0.25) is 29.2 Å². The van der Waals surface area contributed by atoms with Crippen molar-refractivity contribution in [3.05, 3.63) is 47.3 Å². The first-order valence-corrected chi connectivity index (χ1v) is 14.4. The molecule has 5 N–H and O–H groups in total. The molecule has 3 amide bonds. The SMILES string of the molecule is CC[C@H](C)[C@H](NC(C)(C)C)C(=O)NC1CCc2cccc3c2N(C1=O)[C@H](C(=O)N[C@@H](CC(=O)O)Cc1cc[nH]n1)C3. The number of amides is 3. The quantitative estimate of drug-likeness (QED) is 0.279. The summed E-state index contributed by atoms with van der Waals surface area (Å²) in [5.74, 6) is -2.00. The van der Waals surface area contributed by atoms with Gasteiger partial charge in [-0.2, -0.15) is 5.10 Å². The fourth-order valence-corrected chi connectivity index (χ4v) is 5.74. The third-order valence-corrected chi connectivity index (χ3v) is 7.89. The number of nitrogens with one attached hydrogen (secondary N) is 4. The number of carboxylic acids is 1. The van der Waals surface area contributed by atoms with E-state index in [1.54, 1.807) is 12.3 Å². The summed E-state index contributed by atoms with van der Waals surface area (Å²) in [5, 5.41) is 25.5. The van der Waals surface area contributed by atoms with Crippen LogP contribution in [-0.2, 0) is 38.4 Å². The van der Waals surface area contributed by atoms with E-state index >= 15 is 0 Å². The third kappa shape index (κ3) is 7.13. The smallest absolute Gasteiger partial charge is 0.305 e. The van der Waals surface area contributed by atoms with E-state index < -0.39 is 36.0 Å². The number of hydrogen-bond donors (Lipinski definition) is 5. The summed E-state index contributed by atoms with van der Waals surface area (Å²) in [5.41, 5.74) is 2.89. The lowest BCUT2D eigenvalue weighted by molar-refractivity contribution is -0.138. The molecule has 11 heteroatoms. The van der Waals surface area contributed by atoms with Gasteiger partial charge in [0.05, 0.1) is 23.8 Å². The van der Waals surface area contributed by atoms with Crippen LogP contribution in [0.25, 0.3) is 0 Å². The molecular formula is C30H42N6O5. The molecule has 1 aromatic heterocycles. The number of para-hydroxylation sites is 1. The zero-order chi connectivity index (χ0) is 29.9. The van der Waals surface area contributed by atoms with Crippen LogP contribution in [0, 0.1) is 5.92 Å². The highest BCUT2D eigenvalue weighted by atomic mass is 16.4. The molecule has 4 rings (SSSR count). The molecule has 0 aliphatic carbocycles. The molecule has 2 aliphatic heterocycles. The maximum absolute atomic E-state index is 14.1. The number of anilines is 1. The molecule has 0 radical (unpaired) electrons. The van der Waals surface area contributed by atoms with E-state index in [1.165, 1.54) is 4.90 Å². The monoisotopic (exact) mass is 566 g/mol. The number of carbonyl (C=O) groups is 4. The van der Waals surface area contributed by atoms with Crippen LogP contribution in [0.2, 0.25) is 0 Å². The van der Waals surface area contributed by atoms with Crippen molar-refractivity contribution in [2.45, 2.75) is 103 Å². The van der Waals surface area contributed by atoms with Crippen LogP contribution in [0.4, 0.5) is 5.69 Å². The van der Waals surface area contributed by atoms with Gasteiger partial charge < -0.3 is 21.1 Å². The standard InChI is InChI=1S/C30H42N6O5/c1-6-17(2)25(34-30(3,4)5)28(40)33-22-11-10-18-8-7-9-19-14-23(36(26(18)19)29(22)41)27(39)32-21(16-24(37)38)15-20-12-13-31-35-20/h7-9,12-13,17,21-23,25,34H,6,10-11,14-16H2,1-5H3,(H,31,35)(H,32,39)(H,33,40)(H,37,38)/t17-,21+,22?,23-,25-/m0/s1. The maximum Gasteiger partial charge on any atom is 0.305 e. The van der Waals surface area contributed by atoms with Gasteiger partial charge in [-0.15, -0.1) is 0 Å². The highest BCUT2D eigenvalue weighted by molar-refractivity contribution is 6.08. The van der Waals surface area contributed by atoms with Gasteiger partial charge in [-0.05, 0) is 56.7 Å². The topological polar surface area (TPSA) is 157 Å². The van der Waals surface area contributed by atoms with E-state index in [9.17, 15) is 24.3 Å². The molecular weight excluding hydrogens is 524 g/mol. The highest BCUT2D eigenvalue weighted by Gasteiger charge is 2.45. The van der Waals surface area contributed by atoms with Crippen molar-refractivity contribution in [2.75, 3.05) is 4.90 Å². The number of nitrogens with zero attached hydrogens (tertiary/aromatic N) is 2. The van der Waals surface area contributed by atoms with Gasteiger partial charge in [0.1, 0.15) is 12.1 Å². The number of H-pyrrole nitrogens is 1. The third-order valence-electron chi connectivity index (χ3n) is 7.89. The lowest BCUT2D eigenvalue weighted by Gasteiger charge is -2.33. The highest BCUT2D eigenvalue weighted by Crippen LogP contribution is 2.39. The normalized spacial score (nSPS) is 20.5. The van der Waals surface area contributed by atoms with Gasteiger partial charge in [-0.25, -0.2) is 0 Å². The Hall–Kier alpha value is -3.73. The Morgan fingerprint density at radius 1 is 1.20 bits per heavy atom. The Labute approximate surface area is 240 Å². The average Bonchev–Trinajstić information content (AvgIpc) is 3.52. The Morgan fingerprint density at radius 2 is 1.93 bits per heavy atom. The number of hydrogen-bond acceptors (Lipinski definition) is 6. The van der Waals surface area contributed by atoms with Gasteiger partial charge in [0.25, 0.3) is 0 Å². The second-order valence-corrected chi connectivity index (χ2v) is 12.3. The van der Waals surface area contributed by atoms with E-state index in [-0.39, 0.29) is 36.1 Å². The lowest BCUT2D eigenvalue weighted by atomic mass is 9.94. The van der Waals surface area contributed by atoms with Crippen LogP contribution in [0.1, 0.15) is 70.7 Å². The van der Waals surface area contributed by atoms with E-state index in [0.29, 0.717) is 25.0 Å². The van der Waals surface area contributed by atoms with Crippen LogP contribution in [-0.4, -0.2) is 68.7 Å². The molecule has 3 heterocycles. The zero-order valence-corrected chi connectivity index (χ0v) is 24.5. The predicted molar refractivity (Wildman–Crippen MR) is 154 cm³/mol. The van der Waals surface area contributed by atoms with Crippen LogP contribution in [0.15, 0.2) is 30.5 Å². The van der Waals surface area contributed by atoms with Crippen molar-refractivity contribution < 1.29 is 24.3 Å². The van der Waals surface area contributed by atoms with Crippen LogP contribution < -0.4 is 20.9 Å². The van der Waals surface area contributed by atoms with Gasteiger partial charge in [0, 0.05) is 30.6 Å². The first kappa shape index (κ1) is 30.2. The molecule has 5 atom stereocenters. The van der Waals surface area contributed by atoms with Crippen molar-refractivity contribution in [1.82, 2.24) is 26.1 Å². The van der Waals surface area contributed by atoms with E-state index in [4.69, 9.17) is 0 Å². The number of aryl methyl sites for hydroxylation is 1. The van der Waals surface area contributed by atoms with Crippen LogP contribution in [0.3, 0.4) is 0 Å². The number of rotatable bonds is 11. The number of benzene rings is 1. The van der Waals surface area contributed by atoms with Gasteiger partial charge in [0.2, 0.25) is 17.7 Å². The maximum atomic E-state index is 14.1. The molecule has 2 aromatic rings. The summed E-state index contributed by atoms with van der Waals surface area (Å²) in [4.78, 5) is 54.4. The summed E-state index contributed by atoms with van der Waals surface area (Å²) < 4.78 is 0. The molecule has 2 aliphatic rings. The largest absolute Gasteiger partial charge is 0.481 e. The van der Waals surface area contributed by atoms with Gasteiger partial charge in [0.15, 0.2) is 0 Å². The van der Waals surface area contributed by atoms with Gasteiger partial charge >= 0.3 is 5.97 Å². The summed E-state index contributed by atoms with van der Waals surface area (Å²) >= 11 is 0. The van der Waals surface area contributed by atoms with E-state index in [0.717, 1.165) is 23.2 Å². The van der Waals surface area contributed by atoms with Crippen LogP contribution >= 0.6 is 0 Å². The number of aromatic amines is 1. The summed E-state index contributed by atoms with van der Waals surface area (Å²) in [6, 6.07) is 4.67. The zero-order valence-electron chi connectivity index (χ0n) is 24.5. The van der Waals surface area contributed by atoms with Crippen molar-refractivity contribution in [3.8, 4) is 0 Å². The first-order chi connectivity index (χ1) is 19.4. The molecule has 0 bridgehead atoms. The van der Waals surface area contributed by atoms with Crippen molar-refractivity contribution in [3.63, 3.8) is 0 Å². The van der Waals surface area contributed by atoms with Crippen molar-refractivity contribution in [1.29, 1.82) is 0 Å². The van der Waals surface area contributed by atoms with Gasteiger partial charge in [-0.1, -0.05) is 38.5 Å². The number of carbonyl (C=O) groups excluding carboxylic acids is 3. The lowest BCUT2D eigenvalue weighted by Crippen LogP contribution is -2.60. The number of aliphatic carboxylic acids is 1. The number of aromatic nitrogens is 2. The Morgan fingerprint density at radius 3 is 2.56 bits per heavy atom. The molecule has 11 nitrogen and oxygen atoms in total. The second-order valence-electron chi connectivity index (χ2n) is 12.3. The molecule has 0 fully saturated rings. The van der Waals surface area contributed by atoms with E-state index in [2.05, 4.69) is 26.1 Å². The fourth-order valence-electron chi connectivity index (χ4n) is 5.74. The van der Waals surface area contributed by atoms with Crippen molar-refractivity contribution >= 4 is 29.4 Å². The Balaban J connectivity index is 1.58. The van der Waals surface area contributed by atoms with Crippen LogP contribution in [0.5, 0.6) is 0 Å². The predicted octanol–water partition coefficient (Wildman–Crippen LogP) is 2.10. The fraction of sp³-hybridized carbons (Fsp3) is 0.567. The Kier molecular flexibility index (Phi) is 9.16. The summed E-state index contributed by atoms with van der Waals surface area (Å²) in [6.07, 6.45) is 3.67. The minimum atomic E-state index is -1.05. The van der Waals surface area contributed by atoms with Crippen molar-refractivity contribution in [2.24, 2.45) is 5.92 Å². The molecule has 222 valence electrons. The second kappa shape index (κ2) is 12.4. The first-order valence-electron chi connectivity index (χ1n) is 14.4. The summed E-state index contributed by atoms with van der Waals surface area (Å²) in [6.45, 7) is 10.0.